The average Bonchev–Trinajstić information content (AvgIpc) is 2.85. The van der Waals surface area contributed by atoms with Crippen molar-refractivity contribution in [2.75, 3.05) is 38.3 Å². The van der Waals surface area contributed by atoms with Crippen LogP contribution in [0.15, 0.2) is 53.3 Å². The lowest BCUT2D eigenvalue weighted by Crippen LogP contribution is -2.36. The Morgan fingerprint density at radius 3 is 2.56 bits per heavy atom. The Kier molecular flexibility index (Phi) is 6.78. The summed E-state index contributed by atoms with van der Waals surface area (Å²) in [5.74, 6) is 0.664. The Balaban J connectivity index is 1.93. The van der Waals surface area contributed by atoms with Gasteiger partial charge in [-0.05, 0) is 38.1 Å². The summed E-state index contributed by atoms with van der Waals surface area (Å²) in [4.78, 5) is 26.8. The number of nitro groups is 1. The Labute approximate surface area is 196 Å². The number of aromatic nitrogens is 2. The second-order valence-corrected chi connectivity index (χ2v) is 8.04. The molecule has 0 saturated carbocycles. The van der Waals surface area contributed by atoms with Crippen molar-refractivity contribution in [1.82, 2.24) is 9.78 Å². The highest BCUT2D eigenvalue weighted by Crippen LogP contribution is 2.30. The minimum absolute atomic E-state index is 0.0499. The maximum atomic E-state index is 13.4. The number of methoxy groups -OCH3 is 1. The standard InChI is InChI=1S/C24H26N4O6/c1-16(2)34-23-15-20(17-5-4-6-19(13-17)32-3)25-27(24(23)29)22-14-18(7-8-21(22)28(30)31)26-9-11-33-12-10-26/h4-8,13-16H,9-12H2,1-3H3. The van der Waals surface area contributed by atoms with Crippen molar-refractivity contribution >= 4 is 11.4 Å². The van der Waals surface area contributed by atoms with Gasteiger partial charge in [-0.15, -0.1) is 0 Å². The van der Waals surface area contributed by atoms with E-state index in [2.05, 4.69) is 10.00 Å². The highest BCUT2D eigenvalue weighted by Gasteiger charge is 2.23. The molecule has 0 radical (unpaired) electrons. The summed E-state index contributed by atoms with van der Waals surface area (Å²) < 4.78 is 17.5. The van der Waals surface area contributed by atoms with Gasteiger partial charge in [0.2, 0.25) is 0 Å². The highest BCUT2D eigenvalue weighted by molar-refractivity contribution is 5.65. The molecule has 3 aromatic rings. The Bertz CT molecular complexity index is 1250. The van der Waals surface area contributed by atoms with Crippen LogP contribution in [0.1, 0.15) is 13.8 Å². The van der Waals surface area contributed by atoms with Crippen molar-refractivity contribution < 1.29 is 19.1 Å². The predicted molar refractivity (Wildman–Crippen MR) is 127 cm³/mol. The van der Waals surface area contributed by atoms with E-state index in [4.69, 9.17) is 14.2 Å². The maximum absolute atomic E-state index is 13.4. The van der Waals surface area contributed by atoms with Crippen LogP contribution in [0.5, 0.6) is 11.5 Å². The molecule has 1 aliphatic heterocycles. The molecule has 10 heteroatoms. The SMILES string of the molecule is COc1cccc(-c2cc(OC(C)C)c(=O)n(-c3cc(N4CCOCC4)ccc3[N+](=O)[O-])n2)c1. The van der Waals surface area contributed by atoms with Crippen molar-refractivity contribution in [2.45, 2.75) is 20.0 Å². The fourth-order valence-electron chi connectivity index (χ4n) is 3.75. The predicted octanol–water partition coefficient (Wildman–Crippen LogP) is 3.44. The first-order valence-electron chi connectivity index (χ1n) is 10.9. The maximum Gasteiger partial charge on any atom is 0.314 e. The average molecular weight is 466 g/mol. The monoisotopic (exact) mass is 466 g/mol. The van der Waals surface area contributed by atoms with Gasteiger partial charge in [-0.3, -0.25) is 14.9 Å². The summed E-state index contributed by atoms with van der Waals surface area (Å²) in [5.41, 5.74) is 1.09. The number of benzene rings is 2. The number of morpholine rings is 1. The second kappa shape index (κ2) is 9.92. The van der Waals surface area contributed by atoms with Crippen LogP contribution in [0.3, 0.4) is 0 Å². The number of rotatable bonds is 7. The quantitative estimate of drug-likeness (QED) is 0.385. The smallest absolute Gasteiger partial charge is 0.314 e. The molecule has 10 nitrogen and oxygen atoms in total. The van der Waals surface area contributed by atoms with Crippen LogP contribution in [0.4, 0.5) is 11.4 Å². The van der Waals surface area contributed by atoms with Crippen LogP contribution in [0.25, 0.3) is 16.9 Å². The zero-order valence-corrected chi connectivity index (χ0v) is 19.3. The minimum atomic E-state index is -0.581. The molecule has 0 N–H and O–H groups in total. The largest absolute Gasteiger partial charge is 0.497 e. The van der Waals surface area contributed by atoms with Crippen LogP contribution in [-0.2, 0) is 4.74 Å². The molecule has 2 aromatic carbocycles. The molecule has 4 rings (SSSR count). The number of hydrogen-bond donors (Lipinski definition) is 0. The molecule has 34 heavy (non-hydrogen) atoms. The van der Waals surface area contributed by atoms with Crippen molar-refractivity contribution in [3.8, 4) is 28.4 Å². The Hall–Kier alpha value is -3.92. The van der Waals surface area contributed by atoms with Gasteiger partial charge in [0.25, 0.3) is 5.69 Å². The van der Waals surface area contributed by atoms with E-state index in [1.54, 1.807) is 57.4 Å². The Morgan fingerprint density at radius 2 is 1.88 bits per heavy atom. The molecule has 2 heterocycles. The normalized spacial score (nSPS) is 13.7. The van der Waals surface area contributed by atoms with Gasteiger partial charge < -0.3 is 19.1 Å². The van der Waals surface area contributed by atoms with E-state index in [-0.39, 0.29) is 23.2 Å². The molecule has 1 aliphatic rings. The summed E-state index contributed by atoms with van der Waals surface area (Å²) in [5, 5.41) is 16.4. The molecule has 0 spiro atoms. The summed E-state index contributed by atoms with van der Waals surface area (Å²) >= 11 is 0. The van der Waals surface area contributed by atoms with Gasteiger partial charge >= 0.3 is 5.56 Å². The van der Waals surface area contributed by atoms with Gasteiger partial charge in [-0.25, -0.2) is 0 Å². The lowest BCUT2D eigenvalue weighted by atomic mass is 10.1. The van der Waals surface area contributed by atoms with E-state index in [1.165, 1.54) is 6.07 Å². The summed E-state index contributed by atoms with van der Waals surface area (Å²) in [6.45, 7) is 6.01. The zero-order chi connectivity index (χ0) is 24.2. The molecule has 0 bridgehead atoms. The van der Waals surface area contributed by atoms with Crippen molar-refractivity contribution in [3.63, 3.8) is 0 Å². The van der Waals surface area contributed by atoms with Gasteiger partial charge in [-0.1, -0.05) is 12.1 Å². The van der Waals surface area contributed by atoms with E-state index < -0.39 is 10.5 Å². The molecule has 0 amide bonds. The molecular weight excluding hydrogens is 440 g/mol. The third-order valence-electron chi connectivity index (χ3n) is 5.37. The van der Waals surface area contributed by atoms with Crippen molar-refractivity contribution in [3.05, 3.63) is 69.0 Å². The van der Waals surface area contributed by atoms with E-state index in [9.17, 15) is 14.9 Å². The van der Waals surface area contributed by atoms with E-state index >= 15 is 0 Å². The fraction of sp³-hybridized carbons (Fsp3) is 0.333. The number of nitro benzene ring substituents is 1. The highest BCUT2D eigenvalue weighted by atomic mass is 16.6. The lowest BCUT2D eigenvalue weighted by Gasteiger charge is -2.29. The lowest BCUT2D eigenvalue weighted by molar-refractivity contribution is -0.384. The topological polar surface area (TPSA) is 109 Å². The molecule has 1 saturated heterocycles. The van der Waals surface area contributed by atoms with Crippen LogP contribution in [0, 0.1) is 10.1 Å². The van der Waals surface area contributed by atoms with Gasteiger partial charge in [0.1, 0.15) is 11.4 Å². The van der Waals surface area contributed by atoms with Crippen molar-refractivity contribution in [1.29, 1.82) is 0 Å². The first-order valence-corrected chi connectivity index (χ1v) is 10.9. The first kappa shape index (κ1) is 23.2. The van der Waals surface area contributed by atoms with Crippen LogP contribution in [0.2, 0.25) is 0 Å². The number of hydrogen-bond acceptors (Lipinski definition) is 8. The van der Waals surface area contributed by atoms with Crippen LogP contribution >= 0.6 is 0 Å². The van der Waals surface area contributed by atoms with Gasteiger partial charge in [0, 0.05) is 36.5 Å². The van der Waals surface area contributed by atoms with E-state index in [0.29, 0.717) is 43.3 Å². The minimum Gasteiger partial charge on any atom is -0.497 e. The van der Waals surface area contributed by atoms with E-state index in [0.717, 1.165) is 10.4 Å². The first-order chi connectivity index (χ1) is 16.4. The number of nitrogens with zero attached hydrogens (tertiary/aromatic N) is 4. The zero-order valence-electron chi connectivity index (χ0n) is 19.3. The molecule has 0 aliphatic carbocycles. The summed E-state index contributed by atoms with van der Waals surface area (Å²) in [6.07, 6.45) is -0.281. The third-order valence-corrected chi connectivity index (χ3v) is 5.37. The molecule has 0 atom stereocenters. The Morgan fingerprint density at radius 1 is 1.12 bits per heavy atom. The number of anilines is 1. The molecule has 0 unspecified atom stereocenters. The van der Waals surface area contributed by atoms with Gasteiger partial charge in [-0.2, -0.15) is 9.78 Å². The molecular formula is C24H26N4O6. The third kappa shape index (κ3) is 4.86. The van der Waals surface area contributed by atoms with Crippen LogP contribution in [-0.4, -0.2) is 54.2 Å². The second-order valence-electron chi connectivity index (χ2n) is 8.04. The molecule has 1 aromatic heterocycles. The fourth-order valence-corrected chi connectivity index (χ4v) is 3.75. The molecule has 1 fully saturated rings. The van der Waals surface area contributed by atoms with Crippen LogP contribution < -0.4 is 19.9 Å². The summed E-state index contributed by atoms with van der Waals surface area (Å²) in [6, 6.07) is 13.4. The van der Waals surface area contributed by atoms with Gasteiger partial charge in [0.15, 0.2) is 5.75 Å². The summed E-state index contributed by atoms with van der Waals surface area (Å²) in [7, 11) is 1.56. The molecule has 178 valence electrons. The van der Waals surface area contributed by atoms with Crippen molar-refractivity contribution in [2.24, 2.45) is 0 Å². The number of ether oxygens (including phenoxy) is 3. The van der Waals surface area contributed by atoms with E-state index in [1.807, 2.05) is 6.07 Å². The van der Waals surface area contributed by atoms with Gasteiger partial charge in [0.05, 0.1) is 37.0 Å².